The Labute approximate surface area is 191 Å². The average Bonchev–Trinajstić information content (AvgIpc) is 2.76. The van der Waals surface area contributed by atoms with Crippen LogP contribution in [0.3, 0.4) is 0 Å². The summed E-state index contributed by atoms with van der Waals surface area (Å²) in [6.07, 6.45) is 2.82. The highest BCUT2D eigenvalue weighted by atomic mass is 35.5. The van der Waals surface area contributed by atoms with E-state index in [-0.39, 0.29) is 6.61 Å². The topological polar surface area (TPSA) is 61.3 Å². The van der Waals surface area contributed by atoms with Crippen molar-refractivity contribution in [2.45, 2.75) is 30.1 Å². The molecule has 0 spiro atoms. The van der Waals surface area contributed by atoms with Crippen LogP contribution in [0.1, 0.15) is 29.2 Å². The predicted molar refractivity (Wildman–Crippen MR) is 128 cm³/mol. The number of fused-ring (bicyclic) bond motifs is 1. The Balaban J connectivity index is 1.36. The zero-order valence-electron chi connectivity index (χ0n) is 17.2. The Morgan fingerprint density at radius 3 is 2.58 bits per heavy atom. The molecule has 5 nitrogen and oxygen atoms in total. The van der Waals surface area contributed by atoms with E-state index in [0.717, 1.165) is 65.4 Å². The molecule has 2 aliphatic heterocycles. The van der Waals surface area contributed by atoms with E-state index in [4.69, 9.17) is 26.7 Å². The second kappa shape index (κ2) is 9.07. The first-order valence-corrected chi connectivity index (χ1v) is 12.1. The molecule has 0 bridgehead atoms. The van der Waals surface area contributed by atoms with Gasteiger partial charge >= 0.3 is 0 Å². The summed E-state index contributed by atoms with van der Waals surface area (Å²) in [7, 11) is 0. The number of aliphatic hydroxyl groups is 1. The number of aryl methyl sites for hydroxylation is 1. The van der Waals surface area contributed by atoms with E-state index in [0.29, 0.717) is 12.3 Å². The molecule has 0 aliphatic carbocycles. The molecule has 3 heterocycles. The third-order valence-corrected chi connectivity index (χ3v) is 7.31. The zero-order valence-corrected chi connectivity index (χ0v) is 18.8. The fourth-order valence-corrected chi connectivity index (χ4v) is 5.22. The first-order chi connectivity index (χ1) is 15.2. The van der Waals surface area contributed by atoms with Crippen LogP contribution in [0, 0.1) is 0 Å². The van der Waals surface area contributed by atoms with Crippen LogP contribution in [0.4, 0.5) is 17.5 Å². The number of thioether (sulfide) groups is 1. The van der Waals surface area contributed by atoms with Crippen LogP contribution < -0.4 is 10.2 Å². The maximum Gasteiger partial charge on any atom is 0.227 e. The van der Waals surface area contributed by atoms with Gasteiger partial charge in [0.25, 0.3) is 0 Å². The van der Waals surface area contributed by atoms with Gasteiger partial charge in [-0.1, -0.05) is 35.9 Å². The van der Waals surface area contributed by atoms with E-state index in [1.54, 1.807) is 0 Å². The van der Waals surface area contributed by atoms with Crippen LogP contribution in [0.5, 0.6) is 0 Å². The second-order valence-corrected chi connectivity index (χ2v) is 9.59. The first kappa shape index (κ1) is 20.6. The minimum atomic E-state index is 0.166. The standard InChI is InChI=1S/C24H25ClN4OS/c25-19-7-5-17(6-8-19)18-14-29(15-18)24-27-21-2-1-13-31-22(21)23(28-24)26-20-9-3-16(4-10-20)11-12-30/h3-10,18,30H,1-2,11-15H2,(H,26,27,28). The monoisotopic (exact) mass is 452 g/mol. The Morgan fingerprint density at radius 1 is 1.06 bits per heavy atom. The van der Waals surface area contributed by atoms with Gasteiger partial charge in [-0.25, -0.2) is 4.98 Å². The number of aromatic nitrogens is 2. The number of nitrogens with zero attached hydrogens (tertiary/aromatic N) is 3. The molecular weight excluding hydrogens is 428 g/mol. The molecule has 0 atom stereocenters. The number of aliphatic hydroxyl groups excluding tert-OH is 1. The Morgan fingerprint density at radius 2 is 1.84 bits per heavy atom. The third kappa shape index (κ3) is 4.52. The molecule has 2 aromatic carbocycles. The van der Waals surface area contributed by atoms with Gasteiger partial charge in [0.2, 0.25) is 5.95 Å². The molecule has 31 heavy (non-hydrogen) atoms. The van der Waals surface area contributed by atoms with Crippen molar-refractivity contribution in [2.75, 3.05) is 35.7 Å². The van der Waals surface area contributed by atoms with Gasteiger partial charge in [-0.3, -0.25) is 0 Å². The van der Waals surface area contributed by atoms with Gasteiger partial charge in [-0.05, 0) is 60.4 Å². The van der Waals surface area contributed by atoms with Gasteiger partial charge in [0.1, 0.15) is 5.82 Å². The molecule has 0 amide bonds. The van der Waals surface area contributed by atoms with Crippen molar-refractivity contribution in [1.29, 1.82) is 0 Å². The van der Waals surface area contributed by atoms with E-state index in [1.807, 2.05) is 48.2 Å². The minimum Gasteiger partial charge on any atom is -0.396 e. The van der Waals surface area contributed by atoms with Crippen molar-refractivity contribution in [3.8, 4) is 0 Å². The number of benzene rings is 2. The maximum atomic E-state index is 9.13. The molecule has 7 heteroatoms. The van der Waals surface area contributed by atoms with Crippen LogP contribution in [0.15, 0.2) is 53.4 Å². The van der Waals surface area contributed by atoms with Crippen molar-refractivity contribution in [2.24, 2.45) is 0 Å². The van der Waals surface area contributed by atoms with E-state index in [1.165, 1.54) is 10.5 Å². The van der Waals surface area contributed by atoms with Crippen LogP contribution in [-0.2, 0) is 12.8 Å². The average molecular weight is 453 g/mol. The summed E-state index contributed by atoms with van der Waals surface area (Å²) in [5.74, 6) is 3.30. The lowest BCUT2D eigenvalue weighted by atomic mass is 9.92. The van der Waals surface area contributed by atoms with Gasteiger partial charge in [0.05, 0.1) is 10.6 Å². The number of nitrogens with one attached hydrogen (secondary N) is 1. The number of anilines is 3. The first-order valence-electron chi connectivity index (χ1n) is 10.7. The molecule has 2 N–H and O–H groups in total. The number of halogens is 1. The number of hydrogen-bond donors (Lipinski definition) is 2. The lowest BCUT2D eigenvalue weighted by Gasteiger charge is -2.40. The molecule has 0 saturated carbocycles. The van der Waals surface area contributed by atoms with Crippen molar-refractivity contribution >= 4 is 40.8 Å². The second-order valence-electron chi connectivity index (χ2n) is 8.05. The fourth-order valence-electron chi connectivity index (χ4n) is 4.05. The molecule has 2 aliphatic rings. The van der Waals surface area contributed by atoms with E-state index < -0.39 is 0 Å². The number of hydrogen-bond acceptors (Lipinski definition) is 6. The Kier molecular flexibility index (Phi) is 6.03. The molecule has 1 aromatic heterocycles. The maximum absolute atomic E-state index is 9.13. The molecule has 160 valence electrons. The van der Waals surface area contributed by atoms with Crippen LogP contribution in [0.25, 0.3) is 0 Å². The molecule has 5 rings (SSSR count). The van der Waals surface area contributed by atoms with E-state index in [9.17, 15) is 0 Å². The van der Waals surface area contributed by atoms with E-state index in [2.05, 4.69) is 22.3 Å². The van der Waals surface area contributed by atoms with Gasteiger partial charge < -0.3 is 15.3 Å². The Hall–Kier alpha value is -2.28. The smallest absolute Gasteiger partial charge is 0.227 e. The molecule has 1 fully saturated rings. The lowest BCUT2D eigenvalue weighted by Crippen LogP contribution is -2.46. The summed E-state index contributed by atoms with van der Waals surface area (Å²) in [6, 6.07) is 16.3. The summed E-state index contributed by atoms with van der Waals surface area (Å²) in [5.41, 5.74) is 4.59. The van der Waals surface area contributed by atoms with Crippen LogP contribution in [-0.4, -0.2) is 40.5 Å². The Bertz CT molecular complexity index is 1050. The van der Waals surface area contributed by atoms with Crippen molar-refractivity contribution in [3.05, 3.63) is 70.4 Å². The highest BCUT2D eigenvalue weighted by Crippen LogP contribution is 2.38. The minimum absolute atomic E-state index is 0.166. The fraction of sp³-hybridized carbons (Fsp3) is 0.333. The largest absolute Gasteiger partial charge is 0.396 e. The molecular formula is C24H25ClN4OS. The van der Waals surface area contributed by atoms with Crippen molar-refractivity contribution in [1.82, 2.24) is 9.97 Å². The van der Waals surface area contributed by atoms with Crippen LogP contribution >= 0.6 is 23.4 Å². The SMILES string of the molecule is OCCc1ccc(Nc2nc(N3CC(c4ccc(Cl)cc4)C3)nc3c2SCCC3)cc1. The van der Waals surface area contributed by atoms with E-state index >= 15 is 0 Å². The molecule has 0 radical (unpaired) electrons. The summed E-state index contributed by atoms with van der Waals surface area (Å²) < 4.78 is 0. The summed E-state index contributed by atoms with van der Waals surface area (Å²) in [4.78, 5) is 13.3. The molecule has 1 saturated heterocycles. The van der Waals surface area contributed by atoms with Gasteiger partial charge in [-0.2, -0.15) is 4.98 Å². The zero-order chi connectivity index (χ0) is 21.2. The van der Waals surface area contributed by atoms with Crippen molar-refractivity contribution in [3.63, 3.8) is 0 Å². The van der Waals surface area contributed by atoms with Gasteiger partial charge in [-0.15, -0.1) is 11.8 Å². The lowest BCUT2D eigenvalue weighted by molar-refractivity contribution is 0.299. The summed E-state index contributed by atoms with van der Waals surface area (Å²) in [6.45, 7) is 2.00. The van der Waals surface area contributed by atoms with Gasteiger partial charge in [0, 0.05) is 36.3 Å². The molecule has 0 unspecified atom stereocenters. The molecule has 3 aromatic rings. The quantitative estimate of drug-likeness (QED) is 0.545. The predicted octanol–water partition coefficient (Wildman–Crippen LogP) is 5.05. The van der Waals surface area contributed by atoms with Gasteiger partial charge in [0.15, 0.2) is 0 Å². The third-order valence-electron chi connectivity index (χ3n) is 5.85. The highest BCUT2D eigenvalue weighted by Gasteiger charge is 2.31. The van der Waals surface area contributed by atoms with Crippen LogP contribution in [0.2, 0.25) is 5.02 Å². The number of rotatable bonds is 6. The normalized spacial score (nSPS) is 16.0. The highest BCUT2D eigenvalue weighted by molar-refractivity contribution is 7.99. The summed E-state index contributed by atoms with van der Waals surface area (Å²) >= 11 is 7.87. The van der Waals surface area contributed by atoms with Crippen molar-refractivity contribution < 1.29 is 5.11 Å². The summed E-state index contributed by atoms with van der Waals surface area (Å²) in [5, 5.41) is 13.4.